The first-order chi connectivity index (χ1) is 6.38. The van der Waals surface area contributed by atoms with Gasteiger partial charge in [-0.2, -0.15) is 11.8 Å². The molecule has 76 valence electrons. The van der Waals surface area contributed by atoms with E-state index in [0.29, 0.717) is 0 Å². The predicted octanol–water partition coefficient (Wildman–Crippen LogP) is 1.79. The highest BCUT2D eigenvalue weighted by molar-refractivity contribution is 7.99. The normalized spacial score (nSPS) is 24.5. The van der Waals surface area contributed by atoms with E-state index in [2.05, 4.69) is 11.8 Å². The maximum absolute atomic E-state index is 10.8. The van der Waals surface area contributed by atoms with Gasteiger partial charge in [0.05, 0.1) is 6.04 Å². The summed E-state index contributed by atoms with van der Waals surface area (Å²) in [4.78, 5) is 13.1. The van der Waals surface area contributed by atoms with E-state index in [1.165, 1.54) is 24.3 Å². The Morgan fingerprint density at radius 3 is 3.08 bits per heavy atom. The smallest absolute Gasteiger partial charge is 0.137 e. The van der Waals surface area contributed by atoms with E-state index in [4.69, 9.17) is 0 Å². The number of nitrogens with zero attached hydrogens (tertiary/aromatic N) is 1. The van der Waals surface area contributed by atoms with Gasteiger partial charge in [0, 0.05) is 12.3 Å². The van der Waals surface area contributed by atoms with Gasteiger partial charge in [0.25, 0.3) is 0 Å². The van der Waals surface area contributed by atoms with Crippen LogP contribution in [0.3, 0.4) is 0 Å². The maximum Gasteiger partial charge on any atom is 0.137 e. The monoisotopic (exact) mass is 201 g/mol. The largest absolute Gasteiger partial charge is 0.302 e. The van der Waals surface area contributed by atoms with Crippen LogP contribution in [-0.4, -0.2) is 41.8 Å². The van der Waals surface area contributed by atoms with E-state index in [-0.39, 0.29) is 6.04 Å². The molecule has 0 amide bonds. The summed E-state index contributed by atoms with van der Waals surface area (Å²) in [5.74, 6) is 2.35. The van der Waals surface area contributed by atoms with Crippen LogP contribution >= 0.6 is 11.8 Å². The van der Waals surface area contributed by atoms with Crippen LogP contribution in [0.15, 0.2) is 0 Å². The lowest BCUT2D eigenvalue weighted by Crippen LogP contribution is -2.41. The molecule has 0 bridgehead atoms. The van der Waals surface area contributed by atoms with Crippen LogP contribution in [0.2, 0.25) is 0 Å². The quantitative estimate of drug-likeness (QED) is 0.499. The van der Waals surface area contributed by atoms with E-state index in [1.807, 2.05) is 11.8 Å². The van der Waals surface area contributed by atoms with Gasteiger partial charge in [0.1, 0.15) is 6.29 Å². The van der Waals surface area contributed by atoms with Gasteiger partial charge in [-0.1, -0.05) is 13.3 Å². The van der Waals surface area contributed by atoms with Crippen LogP contribution in [0.1, 0.15) is 26.2 Å². The van der Waals surface area contributed by atoms with Gasteiger partial charge in [-0.15, -0.1) is 0 Å². The first-order valence-corrected chi connectivity index (χ1v) is 6.31. The second-order valence-electron chi connectivity index (χ2n) is 3.43. The van der Waals surface area contributed by atoms with Gasteiger partial charge in [-0.3, -0.25) is 4.90 Å². The highest BCUT2D eigenvalue weighted by Gasteiger charge is 2.20. The summed E-state index contributed by atoms with van der Waals surface area (Å²) in [6.07, 6.45) is 4.68. The second kappa shape index (κ2) is 6.44. The summed E-state index contributed by atoms with van der Waals surface area (Å²) < 4.78 is 0. The Hall–Kier alpha value is -0.0200. The lowest BCUT2D eigenvalue weighted by Gasteiger charge is -2.31. The zero-order valence-electron chi connectivity index (χ0n) is 8.37. The summed E-state index contributed by atoms with van der Waals surface area (Å²) in [6, 6.07) is 0.214. The van der Waals surface area contributed by atoms with E-state index < -0.39 is 0 Å². The summed E-state index contributed by atoms with van der Waals surface area (Å²) in [7, 11) is 0. The molecule has 0 spiro atoms. The van der Waals surface area contributed by atoms with Crippen molar-refractivity contribution in [2.75, 3.05) is 24.6 Å². The van der Waals surface area contributed by atoms with Crippen molar-refractivity contribution in [2.45, 2.75) is 32.2 Å². The van der Waals surface area contributed by atoms with Crippen LogP contribution in [0.5, 0.6) is 0 Å². The standard InChI is InChI=1S/C10H19NOS/c1-2-13-8-7-11-6-4-3-5-10(11)9-12/h9-10H,2-8H2,1H3. The molecule has 2 nitrogen and oxygen atoms in total. The molecule has 1 heterocycles. The molecule has 0 aromatic heterocycles. The molecular formula is C10H19NOS. The van der Waals surface area contributed by atoms with Crippen molar-refractivity contribution in [1.82, 2.24) is 4.90 Å². The fourth-order valence-electron chi connectivity index (χ4n) is 1.77. The molecule has 0 N–H and O–H groups in total. The lowest BCUT2D eigenvalue weighted by atomic mass is 10.0. The number of carbonyl (C=O) groups is 1. The van der Waals surface area contributed by atoms with E-state index in [9.17, 15) is 4.79 Å². The fourth-order valence-corrected chi connectivity index (χ4v) is 2.43. The number of carbonyl (C=O) groups excluding carboxylic acids is 1. The van der Waals surface area contributed by atoms with Crippen LogP contribution in [0, 0.1) is 0 Å². The van der Waals surface area contributed by atoms with Crippen molar-refractivity contribution < 1.29 is 4.79 Å². The lowest BCUT2D eigenvalue weighted by molar-refractivity contribution is -0.113. The van der Waals surface area contributed by atoms with Gasteiger partial charge in [-0.25, -0.2) is 0 Å². The second-order valence-corrected chi connectivity index (χ2v) is 4.83. The molecule has 0 aliphatic carbocycles. The van der Waals surface area contributed by atoms with Crippen molar-refractivity contribution in [2.24, 2.45) is 0 Å². The molecule has 1 saturated heterocycles. The number of thioether (sulfide) groups is 1. The number of likely N-dealkylation sites (tertiary alicyclic amines) is 1. The van der Waals surface area contributed by atoms with Gasteiger partial charge >= 0.3 is 0 Å². The molecule has 1 rings (SSSR count). The SMILES string of the molecule is CCSCCN1CCCCC1C=O. The highest BCUT2D eigenvalue weighted by atomic mass is 32.2. The third kappa shape index (κ3) is 3.69. The maximum atomic E-state index is 10.8. The molecule has 0 radical (unpaired) electrons. The molecule has 1 atom stereocenters. The number of rotatable bonds is 5. The van der Waals surface area contributed by atoms with Crippen molar-refractivity contribution in [3.8, 4) is 0 Å². The Labute approximate surface area is 85.1 Å². The minimum atomic E-state index is 0.214. The zero-order chi connectivity index (χ0) is 9.52. The summed E-state index contributed by atoms with van der Waals surface area (Å²) in [6.45, 7) is 4.38. The Morgan fingerprint density at radius 2 is 2.38 bits per heavy atom. The van der Waals surface area contributed by atoms with Crippen molar-refractivity contribution in [3.63, 3.8) is 0 Å². The first-order valence-electron chi connectivity index (χ1n) is 5.15. The summed E-state index contributed by atoms with van der Waals surface area (Å²) in [5, 5.41) is 0. The molecule has 0 aromatic carbocycles. The predicted molar refractivity (Wildman–Crippen MR) is 58.3 cm³/mol. The van der Waals surface area contributed by atoms with Crippen molar-refractivity contribution >= 4 is 18.0 Å². The Bertz CT molecular complexity index is 152. The van der Waals surface area contributed by atoms with E-state index in [0.717, 1.165) is 25.8 Å². The van der Waals surface area contributed by atoms with Crippen LogP contribution in [-0.2, 0) is 4.79 Å². The van der Waals surface area contributed by atoms with Gasteiger partial charge in [-0.05, 0) is 25.1 Å². The number of piperidine rings is 1. The van der Waals surface area contributed by atoms with Gasteiger partial charge < -0.3 is 4.79 Å². The summed E-state index contributed by atoms with van der Waals surface area (Å²) >= 11 is 1.96. The van der Waals surface area contributed by atoms with Crippen LogP contribution in [0.25, 0.3) is 0 Å². The minimum Gasteiger partial charge on any atom is -0.302 e. The molecular weight excluding hydrogens is 182 g/mol. The molecule has 1 aliphatic heterocycles. The Morgan fingerprint density at radius 1 is 1.54 bits per heavy atom. The Kier molecular flexibility index (Phi) is 5.47. The molecule has 1 aliphatic rings. The van der Waals surface area contributed by atoms with Crippen LogP contribution < -0.4 is 0 Å². The number of aldehydes is 1. The van der Waals surface area contributed by atoms with Gasteiger partial charge in [0.15, 0.2) is 0 Å². The fraction of sp³-hybridized carbons (Fsp3) is 0.900. The average molecular weight is 201 g/mol. The molecule has 1 fully saturated rings. The Balaban J connectivity index is 2.23. The molecule has 1 unspecified atom stereocenters. The molecule has 13 heavy (non-hydrogen) atoms. The number of hydrogen-bond acceptors (Lipinski definition) is 3. The van der Waals surface area contributed by atoms with Crippen molar-refractivity contribution in [3.05, 3.63) is 0 Å². The third-order valence-corrected chi connectivity index (χ3v) is 3.43. The average Bonchev–Trinajstić information content (AvgIpc) is 2.19. The van der Waals surface area contributed by atoms with E-state index >= 15 is 0 Å². The third-order valence-electron chi connectivity index (χ3n) is 2.55. The minimum absolute atomic E-state index is 0.214. The molecule has 0 aromatic rings. The zero-order valence-corrected chi connectivity index (χ0v) is 9.18. The topological polar surface area (TPSA) is 20.3 Å². The summed E-state index contributed by atoms with van der Waals surface area (Å²) in [5.41, 5.74) is 0. The van der Waals surface area contributed by atoms with Crippen molar-refractivity contribution in [1.29, 1.82) is 0 Å². The molecule has 3 heteroatoms. The van der Waals surface area contributed by atoms with Crippen LogP contribution in [0.4, 0.5) is 0 Å². The van der Waals surface area contributed by atoms with E-state index in [1.54, 1.807) is 0 Å². The number of hydrogen-bond donors (Lipinski definition) is 0. The first kappa shape index (κ1) is 11.1. The molecule has 0 saturated carbocycles. The van der Waals surface area contributed by atoms with Gasteiger partial charge in [0.2, 0.25) is 0 Å². The highest BCUT2D eigenvalue weighted by Crippen LogP contribution is 2.15.